The third kappa shape index (κ3) is 3.88. The summed E-state index contributed by atoms with van der Waals surface area (Å²) in [4.78, 5) is 4.41. The van der Waals surface area contributed by atoms with E-state index in [0.29, 0.717) is 6.04 Å². The maximum absolute atomic E-state index is 4.41. The molecule has 1 aromatic heterocycles. The van der Waals surface area contributed by atoms with E-state index in [1.54, 1.807) is 0 Å². The minimum absolute atomic E-state index is 0.304. The Hall–Kier alpha value is -0.710. The van der Waals surface area contributed by atoms with Crippen molar-refractivity contribution in [1.82, 2.24) is 10.3 Å². The topological polar surface area (TPSA) is 24.9 Å². The van der Waals surface area contributed by atoms with Crippen LogP contribution in [-0.2, 0) is 6.54 Å². The molecular weight excluding hydrogens is 368 g/mol. The maximum atomic E-state index is 4.41. The van der Waals surface area contributed by atoms with Gasteiger partial charge in [0.05, 0.1) is 5.69 Å². The van der Waals surface area contributed by atoms with Gasteiger partial charge in [-0.3, -0.25) is 4.98 Å². The van der Waals surface area contributed by atoms with Crippen LogP contribution in [0.2, 0.25) is 0 Å². The van der Waals surface area contributed by atoms with Crippen molar-refractivity contribution >= 4 is 31.9 Å². The Kier molecular flexibility index (Phi) is 5.13. The monoisotopic (exact) mass is 382 g/mol. The fourth-order valence-corrected chi connectivity index (χ4v) is 3.13. The molecule has 1 aromatic carbocycles. The van der Waals surface area contributed by atoms with E-state index in [4.69, 9.17) is 0 Å². The molecule has 2 nitrogen and oxygen atoms in total. The smallest absolute Gasteiger partial charge is 0.0684 e. The van der Waals surface area contributed by atoms with Gasteiger partial charge in [0, 0.05) is 27.7 Å². The van der Waals surface area contributed by atoms with E-state index in [0.717, 1.165) is 21.2 Å². The highest BCUT2D eigenvalue weighted by atomic mass is 79.9. The van der Waals surface area contributed by atoms with Crippen LogP contribution in [0.5, 0.6) is 0 Å². The minimum atomic E-state index is 0.304. The first kappa shape index (κ1) is 14.7. The van der Waals surface area contributed by atoms with Crippen LogP contribution < -0.4 is 5.32 Å². The van der Waals surface area contributed by atoms with Gasteiger partial charge >= 0.3 is 0 Å². The van der Waals surface area contributed by atoms with Gasteiger partial charge in [0.15, 0.2) is 0 Å². The number of hydrogen-bond acceptors (Lipinski definition) is 2. The number of nitrogens with one attached hydrogen (secondary N) is 1. The molecule has 2 rings (SSSR count). The van der Waals surface area contributed by atoms with Gasteiger partial charge < -0.3 is 5.32 Å². The summed E-state index contributed by atoms with van der Waals surface area (Å²) >= 11 is 6.95. The number of hydrogen-bond donors (Lipinski definition) is 1. The lowest BCUT2D eigenvalue weighted by molar-refractivity contribution is 0.564. The summed E-state index contributed by atoms with van der Waals surface area (Å²) < 4.78 is 2.00. The molecule has 4 heteroatoms. The zero-order valence-corrected chi connectivity index (χ0v) is 14.1. The largest absolute Gasteiger partial charge is 0.305 e. The van der Waals surface area contributed by atoms with Crippen molar-refractivity contribution in [2.24, 2.45) is 0 Å². The van der Waals surface area contributed by atoms with Gasteiger partial charge in [0.1, 0.15) is 0 Å². The zero-order valence-electron chi connectivity index (χ0n) is 11.0. The Labute approximate surface area is 130 Å². The summed E-state index contributed by atoms with van der Waals surface area (Å²) in [6, 6.07) is 10.8. The first-order chi connectivity index (χ1) is 9.08. The molecule has 1 unspecified atom stereocenters. The molecule has 0 aliphatic heterocycles. The van der Waals surface area contributed by atoms with Crippen molar-refractivity contribution in [3.63, 3.8) is 0 Å². The van der Waals surface area contributed by atoms with E-state index < -0.39 is 0 Å². The van der Waals surface area contributed by atoms with Gasteiger partial charge in [-0.25, -0.2) is 0 Å². The highest BCUT2D eigenvalue weighted by Gasteiger charge is 2.09. The molecule has 0 saturated carbocycles. The molecule has 0 fully saturated rings. The Balaban J connectivity index is 2.04. The normalized spacial score (nSPS) is 12.4. The van der Waals surface area contributed by atoms with Crippen molar-refractivity contribution in [3.8, 4) is 0 Å². The van der Waals surface area contributed by atoms with Gasteiger partial charge in [-0.1, -0.05) is 24.3 Å². The number of aryl methyl sites for hydroxylation is 1. The maximum Gasteiger partial charge on any atom is 0.0684 e. The molecule has 0 aliphatic carbocycles. The first-order valence-corrected chi connectivity index (χ1v) is 7.75. The van der Waals surface area contributed by atoms with Gasteiger partial charge in [-0.15, -0.1) is 0 Å². The number of halogens is 2. The number of rotatable bonds is 4. The molecule has 0 bridgehead atoms. The van der Waals surface area contributed by atoms with Gasteiger partial charge in [0.2, 0.25) is 0 Å². The van der Waals surface area contributed by atoms with Crippen molar-refractivity contribution in [2.45, 2.75) is 26.4 Å². The number of benzene rings is 1. The molecular formula is C15H16Br2N2. The number of nitrogens with zero attached hydrogens (tertiary/aromatic N) is 1. The molecule has 100 valence electrons. The van der Waals surface area contributed by atoms with Crippen molar-refractivity contribution in [1.29, 1.82) is 0 Å². The highest BCUT2D eigenvalue weighted by Crippen LogP contribution is 2.21. The van der Waals surface area contributed by atoms with Crippen molar-refractivity contribution in [2.75, 3.05) is 0 Å². The molecule has 0 aliphatic rings. The first-order valence-electron chi connectivity index (χ1n) is 6.16. The second kappa shape index (κ2) is 6.64. The Morgan fingerprint density at radius 3 is 2.68 bits per heavy atom. The van der Waals surface area contributed by atoms with E-state index in [1.165, 1.54) is 11.1 Å². The van der Waals surface area contributed by atoms with Crippen LogP contribution in [0, 0.1) is 6.92 Å². The Morgan fingerprint density at radius 2 is 2.00 bits per heavy atom. The van der Waals surface area contributed by atoms with E-state index in [2.05, 4.69) is 80.3 Å². The molecule has 0 amide bonds. The molecule has 0 radical (unpaired) electrons. The molecule has 1 N–H and O–H groups in total. The fourth-order valence-electron chi connectivity index (χ4n) is 2.01. The third-order valence-corrected chi connectivity index (χ3v) is 4.23. The van der Waals surface area contributed by atoms with Crippen LogP contribution in [0.15, 0.2) is 45.5 Å². The predicted molar refractivity (Wildman–Crippen MR) is 86.1 cm³/mol. The van der Waals surface area contributed by atoms with Crippen LogP contribution >= 0.6 is 31.9 Å². The van der Waals surface area contributed by atoms with Gasteiger partial charge in [0.25, 0.3) is 0 Å². The Bertz CT molecular complexity index is 570. The summed E-state index contributed by atoms with van der Waals surface area (Å²) in [5, 5.41) is 3.51. The fraction of sp³-hybridized carbons (Fsp3) is 0.267. The molecule has 1 heterocycles. The quantitative estimate of drug-likeness (QED) is 0.822. The molecule has 0 spiro atoms. The van der Waals surface area contributed by atoms with Crippen LogP contribution in [-0.4, -0.2) is 4.98 Å². The van der Waals surface area contributed by atoms with Gasteiger partial charge in [-0.2, -0.15) is 0 Å². The van der Waals surface area contributed by atoms with Crippen LogP contribution in [0.25, 0.3) is 0 Å². The summed E-state index contributed by atoms with van der Waals surface area (Å²) in [7, 11) is 0. The zero-order chi connectivity index (χ0) is 13.8. The van der Waals surface area contributed by atoms with E-state index >= 15 is 0 Å². The molecule has 19 heavy (non-hydrogen) atoms. The number of aromatic nitrogens is 1. The SMILES string of the molecule is Cc1ccccc1C(C)NCc1ncc(Br)cc1Br. The minimum Gasteiger partial charge on any atom is -0.305 e. The van der Waals surface area contributed by atoms with E-state index in [-0.39, 0.29) is 0 Å². The second-order valence-electron chi connectivity index (χ2n) is 4.54. The van der Waals surface area contributed by atoms with E-state index in [1.807, 2.05) is 12.3 Å². The third-order valence-electron chi connectivity index (χ3n) is 3.11. The Morgan fingerprint density at radius 1 is 1.26 bits per heavy atom. The van der Waals surface area contributed by atoms with E-state index in [9.17, 15) is 0 Å². The summed E-state index contributed by atoms with van der Waals surface area (Å²) in [5.74, 6) is 0. The lowest BCUT2D eigenvalue weighted by atomic mass is 10.0. The van der Waals surface area contributed by atoms with Gasteiger partial charge in [-0.05, 0) is 62.9 Å². The highest BCUT2D eigenvalue weighted by molar-refractivity contribution is 9.11. The van der Waals surface area contributed by atoms with Crippen LogP contribution in [0.4, 0.5) is 0 Å². The average molecular weight is 384 g/mol. The summed E-state index contributed by atoms with van der Waals surface area (Å²) in [5.41, 5.74) is 3.66. The lowest BCUT2D eigenvalue weighted by Crippen LogP contribution is -2.19. The van der Waals surface area contributed by atoms with Crippen LogP contribution in [0.3, 0.4) is 0 Å². The molecule has 2 aromatic rings. The lowest BCUT2D eigenvalue weighted by Gasteiger charge is -2.16. The van der Waals surface area contributed by atoms with Crippen LogP contribution in [0.1, 0.15) is 29.8 Å². The average Bonchev–Trinajstić information content (AvgIpc) is 2.38. The predicted octanol–water partition coefficient (Wildman–Crippen LogP) is 4.77. The number of pyridine rings is 1. The van der Waals surface area contributed by atoms with Crippen molar-refractivity contribution in [3.05, 3.63) is 62.3 Å². The summed E-state index contributed by atoms with van der Waals surface area (Å²) in [6.07, 6.45) is 1.82. The van der Waals surface area contributed by atoms with Crippen molar-refractivity contribution < 1.29 is 0 Å². The standard InChI is InChI=1S/C15H16Br2N2/c1-10-5-3-4-6-13(10)11(2)18-9-15-14(17)7-12(16)8-19-15/h3-8,11,18H,9H2,1-2H3. The molecule has 1 atom stereocenters. The summed E-state index contributed by atoms with van der Waals surface area (Å²) in [6.45, 7) is 5.06. The second-order valence-corrected chi connectivity index (χ2v) is 6.31. The molecule has 0 saturated heterocycles.